The average Bonchev–Trinajstić information content (AvgIpc) is 1.53. The van der Waals surface area contributed by atoms with E-state index in [4.69, 9.17) is 47.4 Å². The predicted molar refractivity (Wildman–Crippen MR) is 498 cm³/mol. The van der Waals surface area contributed by atoms with Crippen molar-refractivity contribution in [3.8, 4) is 0 Å². The van der Waals surface area contributed by atoms with Gasteiger partial charge in [-0.1, -0.05) is 180 Å². The molecule has 2 aromatic rings. The standard InChI is InChI=1S/C12H20O.C12H22O.C12H24O.2C11H20O.2C11H16O.C10H20O.C9H16O.C9H18O/c1-2-13-12-6-9-3-10(7-12)5-11(4-9)8-12;1-5-13-10-8-9-6-7-12(10,4)11(9,2)3;1-5-13-12-8-10(4)6-7-11(12)9(2)3;2*1-2-12-6-5-11-8-9-3-4-10(11)7-9;1-10(2)12-9-8-11-6-4-3-5-7-11;1-3-10(2)12-9-11-7-5-4-6-8-11;1-2-11-9-8-10-6-4-3-5-7-10;1-2-10-9-6-7-3-4-8(9)5-7;1-2-10-8-9-6-4-3-5-7-9/h9-11H,2-8H2,1H3;9-10H,5-8H2,1-4H3;9-12H,5-8H2,1-4H3;2*9-11H,2-8H2,1H3;3-7,10H,8-9H2,1-2H3;4-8,10H,3,9H2,1-2H3;10H,2-9H2,1H3;7-9H,2-6H2,1H3;9H,2-8H2,1H3. The van der Waals surface area contributed by atoms with Crippen molar-refractivity contribution in [1.29, 1.82) is 0 Å². The Hall–Kier alpha value is -1.96. The average molecular weight is 1650 g/mol. The molecule has 15 fully saturated rings. The zero-order chi connectivity index (χ0) is 85.0. The summed E-state index contributed by atoms with van der Waals surface area (Å²) in [4.78, 5) is 0. The van der Waals surface area contributed by atoms with E-state index in [0.717, 1.165) is 206 Å². The number of rotatable bonds is 32. The van der Waals surface area contributed by atoms with Gasteiger partial charge in [0.15, 0.2) is 0 Å². The van der Waals surface area contributed by atoms with Crippen LogP contribution in [0.1, 0.15) is 380 Å². The van der Waals surface area contributed by atoms with Crippen LogP contribution in [0.5, 0.6) is 0 Å². The smallest absolute Gasteiger partial charge is 0.0720 e. The van der Waals surface area contributed by atoms with Crippen LogP contribution in [0, 0.1) is 111 Å². The zero-order valence-corrected chi connectivity index (χ0v) is 80.5. The summed E-state index contributed by atoms with van der Waals surface area (Å²) < 4.78 is 55.9. The number of benzene rings is 2. The topological polar surface area (TPSA) is 92.3 Å². The second-order valence-corrected chi connectivity index (χ2v) is 41.2. The quantitative estimate of drug-likeness (QED) is 0.0660. The van der Waals surface area contributed by atoms with Gasteiger partial charge in [0.2, 0.25) is 0 Å². The predicted octanol–water partition coefficient (Wildman–Crippen LogP) is 28.9. The van der Waals surface area contributed by atoms with E-state index < -0.39 is 0 Å². The van der Waals surface area contributed by atoms with Gasteiger partial charge in [-0.3, -0.25) is 0 Å². The summed E-state index contributed by atoms with van der Waals surface area (Å²) in [6, 6.07) is 20.7. The molecule has 15 aliphatic carbocycles. The van der Waals surface area contributed by atoms with Crippen LogP contribution in [0.25, 0.3) is 0 Å². The van der Waals surface area contributed by atoms with E-state index in [1.54, 1.807) is 0 Å². The molecule has 10 heteroatoms. The molecule has 17 rings (SSSR count). The summed E-state index contributed by atoms with van der Waals surface area (Å²) in [5.41, 5.74) is 3.90. The van der Waals surface area contributed by atoms with Crippen LogP contribution in [-0.2, 0) is 60.4 Å². The Morgan fingerprint density at radius 3 is 1.31 bits per heavy atom. The third-order valence-electron chi connectivity index (χ3n) is 31.9. The van der Waals surface area contributed by atoms with Gasteiger partial charge >= 0.3 is 0 Å². The third-order valence-corrected chi connectivity index (χ3v) is 31.9. The van der Waals surface area contributed by atoms with Crippen molar-refractivity contribution >= 4 is 0 Å². The van der Waals surface area contributed by atoms with Crippen molar-refractivity contribution in [3.63, 3.8) is 0 Å². The second-order valence-electron chi connectivity index (χ2n) is 41.2. The fourth-order valence-corrected chi connectivity index (χ4v) is 24.9. The first-order valence-corrected chi connectivity index (χ1v) is 51.2. The van der Waals surface area contributed by atoms with Gasteiger partial charge in [0.25, 0.3) is 0 Å². The van der Waals surface area contributed by atoms with Crippen LogP contribution in [0.4, 0.5) is 0 Å². The summed E-state index contributed by atoms with van der Waals surface area (Å²) in [5.74, 6) is 16.7. The first-order chi connectivity index (χ1) is 57.1. The highest BCUT2D eigenvalue weighted by atomic mass is 16.5. The number of hydrogen-bond acceptors (Lipinski definition) is 10. The molecule has 10 nitrogen and oxygen atoms in total. The van der Waals surface area contributed by atoms with E-state index in [1.165, 1.54) is 249 Å². The van der Waals surface area contributed by atoms with Gasteiger partial charge in [-0.15, -0.1) is 0 Å². The molecule has 0 radical (unpaired) electrons. The summed E-state index contributed by atoms with van der Waals surface area (Å²) >= 11 is 0. The molecule has 0 saturated heterocycles. The van der Waals surface area contributed by atoms with Crippen LogP contribution in [0.15, 0.2) is 60.7 Å². The highest BCUT2D eigenvalue weighted by Crippen LogP contribution is 2.66. The van der Waals surface area contributed by atoms with E-state index in [9.17, 15) is 0 Å². The second kappa shape index (κ2) is 57.7. The van der Waals surface area contributed by atoms with E-state index in [-0.39, 0.29) is 0 Å². The molecule has 0 aliphatic heterocycles. The maximum absolute atomic E-state index is 6.04. The lowest BCUT2D eigenvalue weighted by atomic mass is 9.54. The van der Waals surface area contributed by atoms with E-state index in [2.05, 4.69) is 161 Å². The first-order valence-electron chi connectivity index (χ1n) is 51.2. The highest BCUT2D eigenvalue weighted by molar-refractivity contribution is 5.15. The molecular weight excluding hydrogens is 1460 g/mol. The van der Waals surface area contributed by atoms with Gasteiger partial charge in [0, 0.05) is 79.3 Å². The normalized spacial score (nSPS) is 32.8. The van der Waals surface area contributed by atoms with Crippen LogP contribution in [0.3, 0.4) is 0 Å². The minimum Gasteiger partial charge on any atom is -0.382 e. The van der Waals surface area contributed by atoms with Gasteiger partial charge in [0.05, 0.1) is 49.3 Å². The molecule has 12 bridgehead atoms. The Morgan fingerprint density at radius 2 is 0.890 bits per heavy atom. The Labute approximate surface area is 730 Å². The maximum atomic E-state index is 6.04. The lowest BCUT2D eigenvalue weighted by molar-refractivity contribution is -0.159. The van der Waals surface area contributed by atoms with Crippen LogP contribution >= 0.6 is 0 Å². The summed E-state index contributed by atoms with van der Waals surface area (Å²) in [5, 5.41) is 0. The monoisotopic (exact) mass is 1650 g/mol. The highest BCUT2D eigenvalue weighted by Gasteiger charge is 2.62. The molecule has 0 heterocycles. The number of ether oxygens (including phenoxy) is 10. The molecule has 16 unspecified atom stereocenters. The van der Waals surface area contributed by atoms with Crippen molar-refractivity contribution < 1.29 is 47.4 Å². The molecule has 15 saturated carbocycles. The van der Waals surface area contributed by atoms with E-state index >= 15 is 0 Å². The van der Waals surface area contributed by atoms with Crippen molar-refractivity contribution in [2.24, 2.45) is 111 Å². The maximum Gasteiger partial charge on any atom is 0.0720 e. The van der Waals surface area contributed by atoms with Crippen LogP contribution in [0.2, 0.25) is 0 Å². The van der Waals surface area contributed by atoms with E-state index in [0.29, 0.717) is 47.0 Å². The minimum absolute atomic E-state index is 0.341. The van der Waals surface area contributed by atoms with Gasteiger partial charge in [-0.05, 0) is 379 Å². The Morgan fingerprint density at radius 1 is 0.398 bits per heavy atom. The molecule has 0 aromatic heterocycles. The van der Waals surface area contributed by atoms with Crippen molar-refractivity contribution in [2.45, 2.75) is 418 Å². The van der Waals surface area contributed by atoms with Crippen molar-refractivity contribution in [3.05, 3.63) is 71.8 Å². The Balaban J connectivity index is 0.000000181. The minimum atomic E-state index is 0.341. The SMILES string of the molecule is CC(C)OCCc1ccccc1.CCC(C)OCc1ccccc1.CCOC12CC3CC(CC(C3)C1)C2.CCOC1CC(C)CCC1C(C)C.CCOC1CC2CCC1(C)C2(C)C.CCOC1CC2CCC1C2.CCOCC1CCCCC1.CCOCCC1CC2CCC1C2.CCOCCC1CC2CCC1C2.CCOCCC1CCCCC1. The van der Waals surface area contributed by atoms with Crippen LogP contribution in [-0.4, -0.2) is 122 Å². The molecule has 16 atom stereocenters. The van der Waals surface area contributed by atoms with E-state index in [1.807, 2.05) is 24.3 Å². The Kier molecular flexibility index (Phi) is 50.4. The summed E-state index contributed by atoms with van der Waals surface area (Å²) in [7, 11) is 0. The van der Waals surface area contributed by atoms with Gasteiger partial charge in [-0.2, -0.15) is 0 Å². The van der Waals surface area contributed by atoms with Gasteiger partial charge < -0.3 is 47.4 Å². The molecule has 15 aliphatic rings. The molecule has 0 amide bonds. The lowest BCUT2D eigenvalue weighted by Gasteiger charge is -2.56. The number of hydrogen-bond donors (Lipinski definition) is 0. The van der Waals surface area contributed by atoms with Crippen molar-refractivity contribution in [2.75, 3.05) is 85.9 Å². The molecule has 684 valence electrons. The van der Waals surface area contributed by atoms with Crippen molar-refractivity contribution in [1.82, 2.24) is 0 Å². The fourth-order valence-electron chi connectivity index (χ4n) is 24.9. The third kappa shape index (κ3) is 36.1. The summed E-state index contributed by atoms with van der Waals surface area (Å²) in [6.45, 7) is 52.1. The summed E-state index contributed by atoms with van der Waals surface area (Å²) in [6.07, 6.45) is 57.6. The zero-order valence-electron chi connectivity index (χ0n) is 80.5. The van der Waals surface area contributed by atoms with Crippen LogP contribution < -0.4 is 0 Å². The molecule has 118 heavy (non-hydrogen) atoms. The molecule has 0 spiro atoms. The molecule has 0 N–H and O–H groups in total. The largest absolute Gasteiger partial charge is 0.382 e. The van der Waals surface area contributed by atoms with Gasteiger partial charge in [0.1, 0.15) is 0 Å². The molecule has 2 aromatic carbocycles. The number of fused-ring (bicyclic) bond motifs is 8. The first kappa shape index (κ1) is 103. The van der Waals surface area contributed by atoms with Gasteiger partial charge in [-0.25, -0.2) is 0 Å². The lowest BCUT2D eigenvalue weighted by Crippen LogP contribution is -2.51. The Bertz CT molecular complexity index is 2680. The fraction of sp³-hybridized carbons (Fsp3) is 0.889. The molecular formula is C108H192O10.